The first kappa shape index (κ1) is 17.3. The Morgan fingerprint density at radius 2 is 1.67 bits per heavy atom. The second-order valence-corrected chi connectivity index (χ2v) is 10.3. The number of rotatable bonds is 1. The lowest BCUT2D eigenvalue weighted by Crippen LogP contribution is -2.59. The molecule has 2 unspecified atom stereocenters. The molecule has 4 aliphatic carbocycles. The number of aliphatic hydroxyl groups is 2. The summed E-state index contributed by atoms with van der Waals surface area (Å²) in [6.45, 7) is 6.62. The Morgan fingerprint density at radius 1 is 0.958 bits per heavy atom. The van der Waals surface area contributed by atoms with E-state index >= 15 is 0 Å². The maximum Gasteiger partial charge on any atom is 0.0958 e. The largest absolute Gasteiger partial charge is 0.390 e. The van der Waals surface area contributed by atoms with E-state index in [4.69, 9.17) is 5.73 Å². The molecule has 0 heterocycles. The van der Waals surface area contributed by atoms with Gasteiger partial charge in [0.15, 0.2) is 0 Å². The van der Waals surface area contributed by atoms with Gasteiger partial charge in [-0.15, -0.1) is 0 Å². The van der Waals surface area contributed by atoms with Crippen molar-refractivity contribution in [2.45, 2.75) is 96.3 Å². The average molecular weight is 336 g/mol. The van der Waals surface area contributed by atoms with Gasteiger partial charge in [-0.2, -0.15) is 0 Å². The molecule has 0 aromatic heterocycles. The fourth-order valence-electron chi connectivity index (χ4n) is 8.03. The van der Waals surface area contributed by atoms with Crippen molar-refractivity contribution in [3.05, 3.63) is 0 Å². The number of hydrogen-bond acceptors (Lipinski definition) is 3. The zero-order valence-corrected chi connectivity index (χ0v) is 15.8. The summed E-state index contributed by atoms with van der Waals surface area (Å²) < 4.78 is 0. The van der Waals surface area contributed by atoms with E-state index in [1.54, 1.807) is 6.92 Å². The molecule has 0 saturated heterocycles. The third-order valence-corrected chi connectivity index (χ3v) is 9.61. The van der Waals surface area contributed by atoms with E-state index < -0.39 is 11.7 Å². The van der Waals surface area contributed by atoms with Crippen molar-refractivity contribution < 1.29 is 10.2 Å². The number of fused-ring (bicyclic) bond motifs is 5. The Morgan fingerprint density at radius 3 is 2.38 bits per heavy atom. The van der Waals surface area contributed by atoms with Crippen molar-refractivity contribution in [1.82, 2.24) is 0 Å². The van der Waals surface area contributed by atoms with E-state index in [1.807, 2.05) is 0 Å². The summed E-state index contributed by atoms with van der Waals surface area (Å²) in [7, 11) is 0. The highest BCUT2D eigenvalue weighted by atomic mass is 16.3. The van der Waals surface area contributed by atoms with Crippen molar-refractivity contribution in [2.75, 3.05) is 0 Å². The monoisotopic (exact) mass is 335 g/mol. The van der Waals surface area contributed by atoms with Crippen molar-refractivity contribution in [3.8, 4) is 0 Å². The molecule has 0 amide bonds. The molecule has 138 valence electrons. The van der Waals surface area contributed by atoms with Gasteiger partial charge in [0.2, 0.25) is 0 Å². The summed E-state index contributed by atoms with van der Waals surface area (Å²) in [6.07, 6.45) is 9.91. The fraction of sp³-hybridized carbons (Fsp3) is 1.00. The highest BCUT2D eigenvalue weighted by Gasteiger charge is 2.65. The first-order chi connectivity index (χ1) is 11.2. The van der Waals surface area contributed by atoms with Crippen molar-refractivity contribution >= 4 is 0 Å². The van der Waals surface area contributed by atoms with Crippen LogP contribution in [0, 0.1) is 34.5 Å². The molecule has 0 spiro atoms. The van der Waals surface area contributed by atoms with E-state index in [1.165, 1.54) is 38.5 Å². The molecule has 0 aromatic rings. The Balaban J connectivity index is 1.63. The summed E-state index contributed by atoms with van der Waals surface area (Å²) in [5.41, 5.74) is 5.77. The third kappa shape index (κ3) is 2.07. The van der Waals surface area contributed by atoms with Gasteiger partial charge in [0.1, 0.15) is 0 Å². The number of nitrogens with two attached hydrogens (primary N) is 1. The minimum atomic E-state index is -0.880. The van der Waals surface area contributed by atoms with Gasteiger partial charge in [0.25, 0.3) is 0 Å². The highest BCUT2D eigenvalue weighted by Crippen LogP contribution is 2.68. The molecule has 0 bridgehead atoms. The van der Waals surface area contributed by atoms with Crippen molar-refractivity contribution in [1.29, 1.82) is 0 Å². The molecule has 4 fully saturated rings. The molecule has 0 aromatic carbocycles. The van der Waals surface area contributed by atoms with E-state index in [0.29, 0.717) is 17.4 Å². The molecule has 4 rings (SSSR count). The molecule has 0 radical (unpaired) electrons. The van der Waals surface area contributed by atoms with Crippen LogP contribution < -0.4 is 5.73 Å². The Kier molecular flexibility index (Phi) is 3.92. The van der Waals surface area contributed by atoms with E-state index in [9.17, 15) is 10.2 Å². The van der Waals surface area contributed by atoms with Crippen molar-refractivity contribution in [3.63, 3.8) is 0 Å². The van der Waals surface area contributed by atoms with Gasteiger partial charge < -0.3 is 15.9 Å². The molecule has 4 saturated carbocycles. The molecule has 9 atom stereocenters. The van der Waals surface area contributed by atoms with Crippen LogP contribution in [-0.2, 0) is 0 Å². The summed E-state index contributed by atoms with van der Waals surface area (Å²) in [6, 6.07) is 0.417. The highest BCUT2D eigenvalue weighted by molar-refractivity contribution is 5.15. The molecule has 4 aliphatic rings. The average Bonchev–Trinajstić information content (AvgIpc) is 2.81. The minimum absolute atomic E-state index is 0.101. The van der Waals surface area contributed by atoms with Crippen LogP contribution in [0.2, 0.25) is 0 Å². The van der Waals surface area contributed by atoms with Crippen molar-refractivity contribution in [2.24, 2.45) is 40.2 Å². The summed E-state index contributed by atoms with van der Waals surface area (Å²) in [5.74, 6) is 2.94. The molecule has 3 heteroatoms. The van der Waals surface area contributed by atoms with E-state index in [-0.39, 0.29) is 5.41 Å². The quantitative estimate of drug-likeness (QED) is 0.687. The standard InChI is InChI=1S/C21H37NO2/c1-13(23)21(24)11-8-18-16-5-4-14-12-15(22)6-9-19(14,2)17(16)7-10-20(18,21)3/h13-18,23-24H,4-12,22H2,1-3H3/t13?,14-,15?,16+,17-,18-,19-,20-,21-/m0/s1. The van der Waals surface area contributed by atoms with Gasteiger partial charge in [0, 0.05) is 11.5 Å². The van der Waals surface area contributed by atoms with Crippen LogP contribution in [0.3, 0.4) is 0 Å². The molecule has 0 aliphatic heterocycles. The van der Waals surface area contributed by atoms with Gasteiger partial charge in [0.05, 0.1) is 11.7 Å². The first-order valence-corrected chi connectivity index (χ1v) is 10.4. The van der Waals surface area contributed by atoms with Crippen LogP contribution in [0.5, 0.6) is 0 Å². The molecule has 4 N–H and O–H groups in total. The van der Waals surface area contributed by atoms with Gasteiger partial charge >= 0.3 is 0 Å². The summed E-state index contributed by atoms with van der Waals surface area (Å²) in [4.78, 5) is 0. The summed E-state index contributed by atoms with van der Waals surface area (Å²) in [5, 5.41) is 21.6. The molecule has 3 nitrogen and oxygen atoms in total. The van der Waals surface area contributed by atoms with Gasteiger partial charge in [-0.1, -0.05) is 13.8 Å². The van der Waals surface area contributed by atoms with Crippen LogP contribution in [0.25, 0.3) is 0 Å². The lowest BCUT2D eigenvalue weighted by Gasteiger charge is -2.62. The second kappa shape index (κ2) is 5.44. The van der Waals surface area contributed by atoms with E-state index in [0.717, 1.165) is 37.0 Å². The normalized spacial score (nSPS) is 58.5. The lowest BCUT2D eigenvalue weighted by atomic mass is 9.44. The van der Waals surface area contributed by atoms with Gasteiger partial charge in [-0.3, -0.25) is 0 Å². The second-order valence-electron chi connectivity index (χ2n) is 10.3. The lowest BCUT2D eigenvalue weighted by molar-refractivity contribution is -0.183. The molecular weight excluding hydrogens is 298 g/mol. The molecule has 24 heavy (non-hydrogen) atoms. The van der Waals surface area contributed by atoms with Gasteiger partial charge in [-0.05, 0) is 93.8 Å². The maximum absolute atomic E-state index is 11.3. The topological polar surface area (TPSA) is 66.5 Å². The SMILES string of the molecule is CC(O)[C@@]1(O)CC[C@H]2[C@@H]3CC[C@H]4CC(N)CC[C@]4(C)[C@H]3CC[C@@]21C. The Labute approximate surface area is 147 Å². The van der Waals surface area contributed by atoms with Crippen LogP contribution in [0.1, 0.15) is 78.6 Å². The predicted octanol–water partition coefficient (Wildman–Crippen LogP) is 3.47. The zero-order valence-electron chi connectivity index (χ0n) is 15.8. The van der Waals surface area contributed by atoms with Crippen LogP contribution >= 0.6 is 0 Å². The predicted molar refractivity (Wildman–Crippen MR) is 96.3 cm³/mol. The fourth-order valence-corrected chi connectivity index (χ4v) is 8.03. The Hall–Kier alpha value is -0.120. The first-order valence-electron chi connectivity index (χ1n) is 10.4. The Bertz CT molecular complexity index is 508. The van der Waals surface area contributed by atoms with Crippen LogP contribution in [-0.4, -0.2) is 28.0 Å². The number of hydrogen-bond donors (Lipinski definition) is 3. The summed E-state index contributed by atoms with van der Waals surface area (Å²) >= 11 is 0. The smallest absolute Gasteiger partial charge is 0.0958 e. The van der Waals surface area contributed by atoms with Crippen LogP contribution in [0.4, 0.5) is 0 Å². The van der Waals surface area contributed by atoms with Gasteiger partial charge in [-0.25, -0.2) is 0 Å². The minimum Gasteiger partial charge on any atom is -0.390 e. The zero-order chi connectivity index (χ0) is 17.3. The molecular formula is C21H37NO2. The third-order valence-electron chi connectivity index (χ3n) is 9.61. The van der Waals surface area contributed by atoms with Crippen LogP contribution in [0.15, 0.2) is 0 Å². The maximum atomic E-state index is 11.3. The van der Waals surface area contributed by atoms with E-state index in [2.05, 4.69) is 13.8 Å². The number of aliphatic hydroxyl groups excluding tert-OH is 1.